The Hall–Kier alpha value is -3.34. The van der Waals surface area contributed by atoms with Gasteiger partial charge in [-0.2, -0.15) is 8.42 Å². The molecule has 3 aromatic carbocycles. The van der Waals surface area contributed by atoms with E-state index in [-0.39, 0.29) is 25.4 Å². The summed E-state index contributed by atoms with van der Waals surface area (Å²) in [6.45, 7) is 1.19. The van der Waals surface area contributed by atoms with Gasteiger partial charge in [0, 0.05) is 18.5 Å². The van der Waals surface area contributed by atoms with E-state index in [4.69, 9.17) is 14.7 Å². The summed E-state index contributed by atoms with van der Waals surface area (Å²) in [5.74, 6) is -1.39. The third kappa shape index (κ3) is 7.32. The SMILES string of the molecule is CC(NCc1ccc(OCc2ccccc2F)c(Cc2ccccc2F)c1)(OS(C)(=O)=O)C(N)=O. The van der Waals surface area contributed by atoms with Crippen LogP contribution in [-0.4, -0.2) is 26.3 Å². The van der Waals surface area contributed by atoms with Gasteiger partial charge in [0.05, 0.1) is 6.26 Å². The second-order valence-corrected chi connectivity index (χ2v) is 9.70. The van der Waals surface area contributed by atoms with Gasteiger partial charge in [0.1, 0.15) is 24.0 Å². The third-order valence-electron chi connectivity index (χ3n) is 5.22. The second kappa shape index (κ2) is 10.9. The van der Waals surface area contributed by atoms with E-state index in [1.165, 1.54) is 19.1 Å². The summed E-state index contributed by atoms with van der Waals surface area (Å²) in [5, 5.41) is 2.72. The minimum absolute atomic E-state index is 0.00677. The quantitative estimate of drug-likeness (QED) is 0.306. The van der Waals surface area contributed by atoms with E-state index in [2.05, 4.69) is 5.32 Å². The van der Waals surface area contributed by atoms with Crippen LogP contribution in [0.2, 0.25) is 0 Å². The van der Waals surface area contributed by atoms with E-state index in [1.807, 2.05) is 0 Å². The second-order valence-electron chi connectivity index (χ2n) is 8.13. The Morgan fingerprint density at radius 1 is 0.971 bits per heavy atom. The van der Waals surface area contributed by atoms with E-state index in [0.29, 0.717) is 28.0 Å². The minimum atomic E-state index is -3.98. The molecule has 3 aromatic rings. The van der Waals surface area contributed by atoms with Gasteiger partial charge in [-0.15, -0.1) is 0 Å². The Bertz CT molecular complexity index is 1320. The number of hydrogen-bond acceptors (Lipinski definition) is 6. The van der Waals surface area contributed by atoms with Gasteiger partial charge in [-0.25, -0.2) is 13.0 Å². The van der Waals surface area contributed by atoms with Gasteiger partial charge in [-0.05, 0) is 41.8 Å². The Balaban J connectivity index is 1.87. The van der Waals surface area contributed by atoms with Crippen molar-refractivity contribution in [2.45, 2.75) is 32.2 Å². The van der Waals surface area contributed by atoms with Crippen LogP contribution in [-0.2, 0) is 38.7 Å². The molecule has 186 valence electrons. The van der Waals surface area contributed by atoms with Gasteiger partial charge >= 0.3 is 0 Å². The molecule has 1 atom stereocenters. The molecule has 0 saturated heterocycles. The van der Waals surface area contributed by atoms with Gasteiger partial charge in [0.15, 0.2) is 0 Å². The molecule has 10 heteroatoms. The number of halogens is 2. The molecule has 35 heavy (non-hydrogen) atoms. The Morgan fingerprint density at radius 2 is 1.57 bits per heavy atom. The van der Waals surface area contributed by atoms with Crippen LogP contribution in [0.5, 0.6) is 5.75 Å². The predicted octanol–water partition coefficient (Wildman–Crippen LogP) is 3.40. The zero-order valence-electron chi connectivity index (χ0n) is 19.3. The molecule has 0 aromatic heterocycles. The lowest BCUT2D eigenvalue weighted by atomic mass is 10.0. The van der Waals surface area contributed by atoms with E-state index in [0.717, 1.165) is 6.26 Å². The number of nitrogens with one attached hydrogen (secondary N) is 1. The topological polar surface area (TPSA) is 108 Å². The van der Waals surface area contributed by atoms with Crippen LogP contribution in [0.15, 0.2) is 66.7 Å². The van der Waals surface area contributed by atoms with Gasteiger partial charge in [-0.1, -0.05) is 48.5 Å². The number of benzene rings is 3. The molecule has 7 nitrogen and oxygen atoms in total. The van der Waals surface area contributed by atoms with Crippen molar-refractivity contribution in [3.8, 4) is 5.75 Å². The zero-order valence-corrected chi connectivity index (χ0v) is 20.1. The van der Waals surface area contributed by atoms with Crippen molar-refractivity contribution < 1.29 is 30.9 Å². The van der Waals surface area contributed by atoms with E-state index >= 15 is 0 Å². The molecule has 0 bridgehead atoms. The average molecular weight is 505 g/mol. The molecule has 3 N–H and O–H groups in total. The molecular formula is C25H26F2N2O5S. The maximum Gasteiger partial charge on any atom is 0.266 e. The van der Waals surface area contributed by atoms with Gasteiger partial charge in [0.2, 0.25) is 5.72 Å². The van der Waals surface area contributed by atoms with Crippen LogP contribution in [0.1, 0.15) is 29.2 Å². The normalized spacial score (nSPS) is 13.3. The van der Waals surface area contributed by atoms with Crippen molar-refractivity contribution in [3.63, 3.8) is 0 Å². The van der Waals surface area contributed by atoms with Crippen molar-refractivity contribution in [2.75, 3.05) is 6.26 Å². The van der Waals surface area contributed by atoms with E-state index in [1.54, 1.807) is 54.6 Å². The molecule has 0 spiro atoms. The molecule has 0 radical (unpaired) electrons. The summed E-state index contributed by atoms with van der Waals surface area (Å²) in [6.07, 6.45) is 0.990. The Labute approximate surface area is 203 Å². The van der Waals surface area contributed by atoms with Gasteiger partial charge in [0.25, 0.3) is 16.0 Å². The average Bonchev–Trinajstić information content (AvgIpc) is 2.78. The van der Waals surface area contributed by atoms with E-state index in [9.17, 15) is 22.0 Å². The first-order chi connectivity index (χ1) is 16.5. The third-order valence-corrected chi connectivity index (χ3v) is 5.86. The number of ether oxygens (including phenoxy) is 1. The molecule has 1 amide bonds. The largest absolute Gasteiger partial charge is 0.489 e. The summed E-state index contributed by atoms with van der Waals surface area (Å²) in [7, 11) is -3.98. The number of carbonyl (C=O) groups is 1. The van der Waals surface area contributed by atoms with Gasteiger partial charge < -0.3 is 10.5 Å². The number of rotatable bonds is 11. The molecule has 0 fully saturated rings. The number of amides is 1. The molecule has 0 aliphatic rings. The molecule has 0 heterocycles. The number of nitrogens with two attached hydrogens (primary N) is 1. The standard InChI is InChI=1S/C25H26F2N2O5S/c1-25(24(28)30,34-35(2,31)32)29-15-17-11-12-23(33-16-19-8-4-6-10-22(19)27)20(13-17)14-18-7-3-5-9-21(18)26/h3-13,29H,14-16H2,1-2H3,(H2,28,30). The van der Waals surface area contributed by atoms with Crippen LogP contribution in [0.25, 0.3) is 0 Å². The van der Waals surface area contributed by atoms with Gasteiger partial charge in [-0.3, -0.25) is 10.1 Å². The lowest BCUT2D eigenvalue weighted by Gasteiger charge is -2.26. The molecule has 0 aliphatic heterocycles. The maximum absolute atomic E-state index is 14.3. The number of carbonyl (C=O) groups excluding carboxylic acids is 1. The highest BCUT2D eigenvalue weighted by molar-refractivity contribution is 7.86. The van der Waals surface area contributed by atoms with Crippen molar-refractivity contribution >= 4 is 16.0 Å². The molecule has 0 aliphatic carbocycles. The highest BCUT2D eigenvalue weighted by Gasteiger charge is 2.35. The first kappa shape index (κ1) is 26.3. The molecule has 3 rings (SSSR count). The van der Waals surface area contributed by atoms with Crippen LogP contribution in [0.4, 0.5) is 8.78 Å². The van der Waals surface area contributed by atoms with Crippen molar-refractivity contribution in [2.24, 2.45) is 5.73 Å². The van der Waals surface area contributed by atoms with Crippen LogP contribution in [0, 0.1) is 11.6 Å². The minimum Gasteiger partial charge on any atom is -0.489 e. The fourth-order valence-electron chi connectivity index (χ4n) is 3.37. The zero-order chi connectivity index (χ0) is 25.6. The van der Waals surface area contributed by atoms with Crippen molar-refractivity contribution in [3.05, 3.63) is 101 Å². The van der Waals surface area contributed by atoms with E-state index < -0.39 is 27.6 Å². The first-order valence-electron chi connectivity index (χ1n) is 10.6. The summed E-state index contributed by atoms with van der Waals surface area (Å²) in [6, 6.07) is 17.6. The van der Waals surface area contributed by atoms with Crippen LogP contribution >= 0.6 is 0 Å². The number of primary amides is 1. The van der Waals surface area contributed by atoms with Crippen LogP contribution < -0.4 is 15.8 Å². The first-order valence-corrected chi connectivity index (χ1v) is 12.5. The maximum atomic E-state index is 14.3. The van der Waals surface area contributed by atoms with Crippen molar-refractivity contribution in [1.29, 1.82) is 0 Å². The Kier molecular flexibility index (Phi) is 8.21. The fraction of sp³-hybridized carbons (Fsp3) is 0.240. The molecule has 1 unspecified atom stereocenters. The summed E-state index contributed by atoms with van der Waals surface area (Å²) < 4.78 is 62.2. The molecular weight excluding hydrogens is 478 g/mol. The number of hydrogen-bond donors (Lipinski definition) is 2. The fourth-order valence-corrected chi connectivity index (χ4v) is 4.12. The summed E-state index contributed by atoms with van der Waals surface area (Å²) in [4.78, 5) is 11.8. The smallest absolute Gasteiger partial charge is 0.266 e. The van der Waals surface area contributed by atoms with Crippen LogP contribution in [0.3, 0.4) is 0 Å². The Morgan fingerprint density at radius 3 is 2.14 bits per heavy atom. The highest BCUT2D eigenvalue weighted by Crippen LogP contribution is 2.26. The summed E-state index contributed by atoms with van der Waals surface area (Å²) in [5.41, 5.74) is 5.39. The van der Waals surface area contributed by atoms with Crippen molar-refractivity contribution in [1.82, 2.24) is 5.32 Å². The molecule has 0 saturated carbocycles. The predicted molar refractivity (Wildman–Crippen MR) is 127 cm³/mol. The highest BCUT2D eigenvalue weighted by atomic mass is 32.2. The monoisotopic (exact) mass is 504 g/mol. The lowest BCUT2D eigenvalue weighted by Crippen LogP contribution is -2.55. The lowest BCUT2D eigenvalue weighted by molar-refractivity contribution is -0.134. The summed E-state index contributed by atoms with van der Waals surface area (Å²) >= 11 is 0.